The summed E-state index contributed by atoms with van der Waals surface area (Å²) in [5, 5.41) is 15.9. The first-order valence-electron chi connectivity index (χ1n) is 15.4. The van der Waals surface area contributed by atoms with Crippen molar-refractivity contribution in [2.45, 2.75) is 0 Å². The summed E-state index contributed by atoms with van der Waals surface area (Å²) in [6.45, 7) is 0. The van der Waals surface area contributed by atoms with Gasteiger partial charge in [0.05, 0.1) is 23.0 Å². The Morgan fingerprint density at radius 1 is 0.489 bits per heavy atom. The van der Waals surface area contributed by atoms with Crippen molar-refractivity contribution < 1.29 is 4.42 Å². The molecule has 0 bridgehead atoms. The van der Waals surface area contributed by atoms with Gasteiger partial charge in [-0.1, -0.05) is 54.6 Å². The van der Waals surface area contributed by atoms with Gasteiger partial charge in [0.15, 0.2) is 0 Å². The number of hydrogen-bond acceptors (Lipinski definition) is 5. The number of pyridine rings is 3. The maximum absolute atomic E-state index is 9.29. The normalized spacial score (nSPS) is 11.4. The molecule has 5 heteroatoms. The predicted octanol–water partition coefficient (Wildman–Crippen LogP) is 10.6. The van der Waals surface area contributed by atoms with E-state index in [0.29, 0.717) is 5.56 Å². The summed E-state index contributed by atoms with van der Waals surface area (Å²) >= 11 is 0. The molecule has 0 saturated heterocycles. The predicted molar refractivity (Wildman–Crippen MR) is 189 cm³/mol. The lowest BCUT2D eigenvalue weighted by atomic mass is 9.91. The summed E-state index contributed by atoms with van der Waals surface area (Å²) in [5.41, 5.74) is 10.2. The lowest BCUT2D eigenvalue weighted by molar-refractivity contribution is 0.673. The van der Waals surface area contributed by atoms with E-state index in [2.05, 4.69) is 76.7 Å². The Morgan fingerprint density at radius 3 is 1.77 bits per heavy atom. The van der Waals surface area contributed by atoms with Crippen LogP contribution in [0.1, 0.15) is 5.56 Å². The zero-order valence-corrected chi connectivity index (χ0v) is 25.1. The van der Waals surface area contributed by atoms with Crippen molar-refractivity contribution >= 4 is 43.5 Å². The molecule has 47 heavy (non-hydrogen) atoms. The van der Waals surface area contributed by atoms with Crippen LogP contribution >= 0.6 is 0 Å². The van der Waals surface area contributed by atoms with Gasteiger partial charge in [-0.3, -0.25) is 9.97 Å². The minimum atomic E-state index is 0.647. The highest BCUT2D eigenvalue weighted by molar-refractivity contribution is 6.30. The standard InChI is InChI=1S/C42H24N4O/c43-23-26-9-11-27(12-10-26)28-13-15-33-34-16-14-29(20-37(34)42-41(36(33)19-28)35-7-1-2-8-40(35)47-42)32-21-38(30-5-3-17-44-24-30)46-39(22-32)31-6-4-18-45-25-31/h1-22,24-25H. The van der Waals surface area contributed by atoms with E-state index in [1.807, 2.05) is 73.1 Å². The first kappa shape index (κ1) is 26.7. The molecule has 0 saturated carbocycles. The van der Waals surface area contributed by atoms with Gasteiger partial charge in [-0.25, -0.2) is 4.98 Å². The summed E-state index contributed by atoms with van der Waals surface area (Å²) < 4.78 is 6.66. The molecule has 218 valence electrons. The summed E-state index contributed by atoms with van der Waals surface area (Å²) in [6.07, 6.45) is 7.23. The van der Waals surface area contributed by atoms with Crippen LogP contribution in [-0.2, 0) is 0 Å². The van der Waals surface area contributed by atoms with Crippen LogP contribution < -0.4 is 0 Å². The third-order valence-corrected chi connectivity index (χ3v) is 8.86. The molecule has 0 aliphatic rings. The molecule has 0 spiro atoms. The molecule has 0 radical (unpaired) electrons. The van der Waals surface area contributed by atoms with Crippen molar-refractivity contribution in [3.05, 3.63) is 152 Å². The molecule has 5 nitrogen and oxygen atoms in total. The van der Waals surface area contributed by atoms with Gasteiger partial charge in [0.2, 0.25) is 0 Å². The Balaban J connectivity index is 1.30. The Hall–Kier alpha value is -6.64. The Bertz CT molecular complexity index is 2610. The zero-order chi connectivity index (χ0) is 31.3. The second-order valence-corrected chi connectivity index (χ2v) is 11.6. The summed E-state index contributed by atoms with van der Waals surface area (Å²) in [6, 6.07) is 43.6. The second kappa shape index (κ2) is 10.8. The van der Waals surface area contributed by atoms with Crippen molar-refractivity contribution in [3.63, 3.8) is 0 Å². The van der Waals surface area contributed by atoms with Gasteiger partial charge in [0.25, 0.3) is 0 Å². The minimum absolute atomic E-state index is 0.647. The van der Waals surface area contributed by atoms with E-state index in [9.17, 15) is 5.26 Å². The average molecular weight is 601 g/mol. The van der Waals surface area contributed by atoms with E-state index < -0.39 is 0 Å². The van der Waals surface area contributed by atoms with E-state index in [1.54, 1.807) is 12.4 Å². The highest BCUT2D eigenvalue weighted by atomic mass is 16.3. The van der Waals surface area contributed by atoms with Crippen LogP contribution in [0.15, 0.2) is 151 Å². The summed E-state index contributed by atoms with van der Waals surface area (Å²) in [5.74, 6) is 0. The third-order valence-electron chi connectivity index (χ3n) is 8.86. The molecule has 4 aromatic heterocycles. The van der Waals surface area contributed by atoms with Gasteiger partial charge in [0.1, 0.15) is 11.2 Å². The van der Waals surface area contributed by atoms with Crippen LogP contribution in [0.2, 0.25) is 0 Å². The largest absolute Gasteiger partial charge is 0.455 e. The van der Waals surface area contributed by atoms with Gasteiger partial charge in [-0.15, -0.1) is 0 Å². The monoisotopic (exact) mass is 600 g/mol. The SMILES string of the molecule is N#Cc1ccc(-c2ccc3c4ccc(-c5cc(-c6cccnc6)nc(-c6cccnc6)c5)cc4c4oc5ccccc5c4c3c2)cc1. The topological polar surface area (TPSA) is 75.6 Å². The summed E-state index contributed by atoms with van der Waals surface area (Å²) in [7, 11) is 0. The molecule has 0 unspecified atom stereocenters. The van der Waals surface area contributed by atoms with Crippen LogP contribution in [-0.4, -0.2) is 15.0 Å². The number of aromatic nitrogens is 3. The average Bonchev–Trinajstić information content (AvgIpc) is 3.55. The molecule has 0 fully saturated rings. The lowest BCUT2D eigenvalue weighted by Gasteiger charge is -2.13. The Kier molecular flexibility index (Phi) is 6.12. The van der Waals surface area contributed by atoms with Gasteiger partial charge in [-0.2, -0.15) is 5.26 Å². The molecule has 5 aromatic carbocycles. The molecule has 0 N–H and O–H groups in total. The Labute approximate surface area is 270 Å². The van der Waals surface area contributed by atoms with Crippen molar-refractivity contribution in [1.82, 2.24) is 15.0 Å². The van der Waals surface area contributed by atoms with Gasteiger partial charge in [-0.05, 0) is 105 Å². The number of hydrogen-bond donors (Lipinski definition) is 0. The molecule has 0 aliphatic carbocycles. The Morgan fingerprint density at radius 2 is 1.11 bits per heavy atom. The molecule has 0 aliphatic heterocycles. The summed E-state index contributed by atoms with van der Waals surface area (Å²) in [4.78, 5) is 13.7. The smallest absolute Gasteiger partial charge is 0.143 e. The molecule has 9 rings (SSSR count). The van der Waals surface area contributed by atoms with E-state index in [-0.39, 0.29) is 0 Å². The fraction of sp³-hybridized carbons (Fsp3) is 0. The molecule has 4 heterocycles. The molecular formula is C42H24N4O. The highest BCUT2D eigenvalue weighted by Gasteiger charge is 2.18. The maximum atomic E-state index is 9.29. The van der Waals surface area contributed by atoms with E-state index in [1.165, 1.54) is 0 Å². The number of rotatable bonds is 4. The van der Waals surface area contributed by atoms with E-state index >= 15 is 0 Å². The van der Waals surface area contributed by atoms with Crippen molar-refractivity contribution in [1.29, 1.82) is 5.26 Å². The first-order chi connectivity index (χ1) is 23.2. The van der Waals surface area contributed by atoms with Gasteiger partial charge in [0, 0.05) is 52.1 Å². The fourth-order valence-corrected chi connectivity index (χ4v) is 6.57. The molecule has 0 amide bonds. The van der Waals surface area contributed by atoms with Crippen molar-refractivity contribution in [3.8, 4) is 50.8 Å². The van der Waals surface area contributed by atoms with Gasteiger partial charge < -0.3 is 4.42 Å². The number of nitriles is 1. The number of furan rings is 1. The molecule has 0 atom stereocenters. The molecule has 9 aromatic rings. The van der Waals surface area contributed by atoms with Crippen molar-refractivity contribution in [2.24, 2.45) is 0 Å². The van der Waals surface area contributed by atoms with Crippen LogP contribution in [0.3, 0.4) is 0 Å². The number of benzene rings is 5. The second-order valence-electron chi connectivity index (χ2n) is 11.6. The third kappa shape index (κ3) is 4.51. The maximum Gasteiger partial charge on any atom is 0.143 e. The van der Waals surface area contributed by atoms with Crippen molar-refractivity contribution in [2.75, 3.05) is 0 Å². The lowest BCUT2D eigenvalue weighted by Crippen LogP contribution is -1.92. The molecular weight excluding hydrogens is 576 g/mol. The number of para-hydroxylation sites is 1. The number of fused-ring (bicyclic) bond motifs is 8. The minimum Gasteiger partial charge on any atom is -0.455 e. The van der Waals surface area contributed by atoms with E-state index in [4.69, 9.17) is 9.40 Å². The van der Waals surface area contributed by atoms with Crippen LogP contribution in [0.25, 0.3) is 88.3 Å². The van der Waals surface area contributed by atoms with Crippen LogP contribution in [0, 0.1) is 11.3 Å². The quantitative estimate of drug-likeness (QED) is 0.188. The zero-order valence-electron chi connectivity index (χ0n) is 25.1. The highest BCUT2D eigenvalue weighted by Crippen LogP contribution is 2.43. The van der Waals surface area contributed by atoms with E-state index in [0.717, 1.165) is 88.3 Å². The van der Waals surface area contributed by atoms with Crippen LogP contribution in [0.5, 0.6) is 0 Å². The first-order valence-corrected chi connectivity index (χ1v) is 15.4. The fourth-order valence-electron chi connectivity index (χ4n) is 6.57. The van der Waals surface area contributed by atoms with Crippen LogP contribution in [0.4, 0.5) is 0 Å². The van der Waals surface area contributed by atoms with Gasteiger partial charge >= 0.3 is 0 Å². The number of nitrogens with zero attached hydrogens (tertiary/aromatic N) is 4.